The third-order valence-corrected chi connectivity index (χ3v) is 6.24. The number of fused-ring (bicyclic) bond motifs is 2. The summed E-state index contributed by atoms with van der Waals surface area (Å²) in [6.45, 7) is 5.11. The molecule has 0 spiro atoms. The Morgan fingerprint density at radius 2 is 2.00 bits per heavy atom. The molecule has 5 heterocycles. The van der Waals surface area contributed by atoms with Crippen molar-refractivity contribution in [3.8, 4) is 11.5 Å². The first-order valence-electron chi connectivity index (χ1n) is 11.7. The van der Waals surface area contributed by atoms with Gasteiger partial charge in [0, 0.05) is 31.0 Å². The Hall–Kier alpha value is -4.38. The first kappa shape index (κ1) is 22.1. The van der Waals surface area contributed by atoms with E-state index in [0.29, 0.717) is 40.7 Å². The topological polar surface area (TPSA) is 126 Å². The molecule has 1 unspecified atom stereocenters. The molecule has 0 aliphatic carbocycles. The third kappa shape index (κ3) is 4.36. The highest BCUT2D eigenvalue weighted by molar-refractivity contribution is 5.87. The Balaban J connectivity index is 1.25. The first-order valence-corrected chi connectivity index (χ1v) is 11.7. The molecule has 11 nitrogen and oxygen atoms in total. The molecule has 0 bridgehead atoms. The van der Waals surface area contributed by atoms with Crippen molar-refractivity contribution < 1.29 is 9.84 Å². The van der Waals surface area contributed by atoms with Gasteiger partial charge in [-0.1, -0.05) is 0 Å². The van der Waals surface area contributed by atoms with Crippen LogP contribution in [0, 0.1) is 6.92 Å². The van der Waals surface area contributed by atoms with Crippen molar-refractivity contribution in [2.24, 2.45) is 0 Å². The molecule has 4 aromatic heterocycles. The smallest absolute Gasteiger partial charge is 0.226 e. The van der Waals surface area contributed by atoms with Crippen LogP contribution in [-0.2, 0) is 0 Å². The highest BCUT2D eigenvalue weighted by Crippen LogP contribution is 2.30. The van der Waals surface area contributed by atoms with Crippen molar-refractivity contribution in [3.63, 3.8) is 0 Å². The van der Waals surface area contributed by atoms with Crippen LogP contribution >= 0.6 is 0 Å². The van der Waals surface area contributed by atoms with Gasteiger partial charge in [-0.05, 0) is 56.5 Å². The van der Waals surface area contributed by atoms with E-state index in [-0.39, 0.29) is 0 Å². The quantitative estimate of drug-likeness (QED) is 0.382. The molecule has 2 N–H and O–H groups in total. The molecular formula is C25H25N9O2. The summed E-state index contributed by atoms with van der Waals surface area (Å²) < 4.78 is 7.76. The lowest BCUT2D eigenvalue weighted by Crippen LogP contribution is -2.46. The van der Waals surface area contributed by atoms with Crippen LogP contribution in [0.5, 0.6) is 11.5 Å². The predicted molar refractivity (Wildman–Crippen MR) is 135 cm³/mol. The molecule has 11 heteroatoms. The van der Waals surface area contributed by atoms with Crippen LogP contribution in [0.1, 0.15) is 25.3 Å². The van der Waals surface area contributed by atoms with Crippen LogP contribution in [0.3, 0.4) is 0 Å². The number of ether oxygens (including phenoxy) is 1. The van der Waals surface area contributed by atoms with Crippen molar-refractivity contribution >= 4 is 34.1 Å². The molecule has 0 amide bonds. The van der Waals surface area contributed by atoms with Gasteiger partial charge in [0.15, 0.2) is 11.5 Å². The zero-order chi connectivity index (χ0) is 24.7. The average molecular weight is 484 g/mol. The summed E-state index contributed by atoms with van der Waals surface area (Å²) in [4.78, 5) is 24.2. The Labute approximate surface area is 206 Å². The number of aromatic nitrogens is 7. The van der Waals surface area contributed by atoms with Gasteiger partial charge in [-0.2, -0.15) is 5.10 Å². The van der Waals surface area contributed by atoms with Crippen LogP contribution in [0.2, 0.25) is 0 Å². The highest BCUT2D eigenvalue weighted by atomic mass is 16.5. The van der Waals surface area contributed by atoms with Gasteiger partial charge in [0.25, 0.3) is 0 Å². The van der Waals surface area contributed by atoms with Crippen molar-refractivity contribution in [1.82, 2.24) is 34.5 Å². The Kier molecular flexibility index (Phi) is 5.33. The number of pyridine rings is 1. The van der Waals surface area contributed by atoms with Crippen molar-refractivity contribution in [2.45, 2.75) is 32.3 Å². The van der Waals surface area contributed by atoms with E-state index >= 15 is 0 Å². The fourth-order valence-electron chi connectivity index (χ4n) is 4.44. The number of benzene rings is 1. The molecule has 1 fully saturated rings. The molecule has 6 rings (SSSR count). The first-order chi connectivity index (χ1) is 17.4. The largest absolute Gasteiger partial charge is 0.457 e. The highest BCUT2D eigenvalue weighted by Gasteiger charge is 2.30. The van der Waals surface area contributed by atoms with Crippen molar-refractivity contribution in [2.75, 3.05) is 23.3 Å². The van der Waals surface area contributed by atoms with Gasteiger partial charge in [-0.3, -0.25) is 0 Å². The van der Waals surface area contributed by atoms with Crippen molar-refractivity contribution in [1.29, 1.82) is 0 Å². The maximum atomic E-state index is 10.5. The lowest BCUT2D eigenvalue weighted by atomic mass is 9.95. The zero-order valence-electron chi connectivity index (χ0n) is 20.0. The van der Waals surface area contributed by atoms with E-state index < -0.39 is 5.60 Å². The molecule has 1 atom stereocenters. The SMILES string of the molecule is Cc1cc(Nc2ncnc3cnc(N4CCCC(C)(O)C4)nc23)ccc1Oc1ccn2ncnc2c1. The predicted octanol–water partition coefficient (Wildman–Crippen LogP) is 3.66. The summed E-state index contributed by atoms with van der Waals surface area (Å²) >= 11 is 0. The minimum absolute atomic E-state index is 0.486. The average Bonchev–Trinajstić information content (AvgIpc) is 3.33. The Bertz CT molecular complexity index is 1570. The molecule has 1 aliphatic rings. The number of nitrogens with one attached hydrogen (secondary N) is 1. The van der Waals surface area contributed by atoms with Crippen molar-refractivity contribution in [3.05, 3.63) is 60.9 Å². The van der Waals surface area contributed by atoms with Crippen LogP contribution in [0.25, 0.3) is 16.7 Å². The third-order valence-electron chi connectivity index (χ3n) is 6.24. The van der Waals surface area contributed by atoms with E-state index in [9.17, 15) is 5.11 Å². The van der Waals surface area contributed by atoms with Gasteiger partial charge >= 0.3 is 0 Å². The van der Waals surface area contributed by atoms with Crippen LogP contribution in [0.4, 0.5) is 17.5 Å². The molecule has 1 aromatic carbocycles. The van der Waals surface area contributed by atoms with Crippen LogP contribution in [0.15, 0.2) is 55.4 Å². The number of anilines is 3. The Morgan fingerprint density at radius 1 is 1.08 bits per heavy atom. The summed E-state index contributed by atoms with van der Waals surface area (Å²) in [6, 6.07) is 9.51. The van der Waals surface area contributed by atoms with Gasteiger partial charge in [0.2, 0.25) is 5.95 Å². The van der Waals surface area contributed by atoms with E-state index in [0.717, 1.165) is 36.4 Å². The number of aliphatic hydroxyl groups is 1. The lowest BCUT2D eigenvalue weighted by Gasteiger charge is -2.36. The number of nitrogens with zero attached hydrogens (tertiary/aromatic N) is 8. The van der Waals surface area contributed by atoms with E-state index in [4.69, 9.17) is 9.72 Å². The standard InChI is InChI=1S/C25H25N9O2/c1-16-10-17(4-5-20(16)36-18-6-9-34-21(11-18)28-15-30-34)31-23-22-19(27-14-29-23)12-26-24(32-22)33-8-3-7-25(2,35)13-33/h4-6,9-12,14-15,35H,3,7-8,13H2,1-2H3,(H,27,29,31). The number of piperidine rings is 1. The van der Waals surface area contributed by atoms with E-state index in [2.05, 4.69) is 30.4 Å². The van der Waals surface area contributed by atoms with Crippen LogP contribution < -0.4 is 15.0 Å². The summed E-state index contributed by atoms with van der Waals surface area (Å²) in [7, 11) is 0. The molecule has 5 aromatic rings. The van der Waals surface area contributed by atoms with E-state index in [1.165, 1.54) is 12.7 Å². The molecule has 1 saturated heterocycles. The monoisotopic (exact) mass is 483 g/mol. The molecule has 0 saturated carbocycles. The lowest BCUT2D eigenvalue weighted by molar-refractivity contribution is 0.0445. The fourth-order valence-corrected chi connectivity index (χ4v) is 4.44. The van der Waals surface area contributed by atoms with E-state index in [1.54, 1.807) is 10.7 Å². The summed E-state index contributed by atoms with van der Waals surface area (Å²) in [5.41, 5.74) is 3.01. The van der Waals surface area contributed by atoms with Gasteiger partial charge < -0.3 is 20.1 Å². The number of hydrogen-bond acceptors (Lipinski definition) is 10. The summed E-state index contributed by atoms with van der Waals surface area (Å²) in [6.07, 6.45) is 8.15. The minimum atomic E-state index is -0.757. The number of hydrogen-bond donors (Lipinski definition) is 2. The van der Waals surface area contributed by atoms with Gasteiger partial charge in [0.1, 0.15) is 35.2 Å². The number of rotatable bonds is 5. The number of aryl methyl sites for hydroxylation is 1. The second-order valence-electron chi connectivity index (χ2n) is 9.28. The molecule has 1 aliphatic heterocycles. The maximum Gasteiger partial charge on any atom is 0.226 e. The molecule has 0 radical (unpaired) electrons. The Morgan fingerprint density at radius 3 is 2.86 bits per heavy atom. The van der Waals surface area contributed by atoms with Crippen LogP contribution in [-0.4, -0.2) is 58.3 Å². The normalized spacial score (nSPS) is 18.0. The van der Waals surface area contributed by atoms with Gasteiger partial charge in [0.05, 0.1) is 11.8 Å². The maximum absolute atomic E-state index is 10.5. The second kappa shape index (κ2) is 8.68. The fraction of sp³-hybridized carbons (Fsp3) is 0.280. The second-order valence-corrected chi connectivity index (χ2v) is 9.28. The molecular weight excluding hydrogens is 458 g/mol. The van der Waals surface area contributed by atoms with Gasteiger partial charge in [-0.15, -0.1) is 0 Å². The molecule has 36 heavy (non-hydrogen) atoms. The van der Waals surface area contributed by atoms with E-state index in [1.807, 2.05) is 55.3 Å². The summed E-state index contributed by atoms with van der Waals surface area (Å²) in [5, 5.41) is 18.0. The van der Waals surface area contributed by atoms with Gasteiger partial charge in [-0.25, -0.2) is 29.4 Å². The number of β-amino-alcohol motifs (C(OH)–C–C–N with tert-alkyl or cyclic N) is 1. The minimum Gasteiger partial charge on any atom is -0.457 e. The summed E-state index contributed by atoms with van der Waals surface area (Å²) in [5.74, 6) is 2.56. The molecule has 182 valence electrons. The zero-order valence-corrected chi connectivity index (χ0v) is 20.0.